The van der Waals surface area contributed by atoms with Gasteiger partial charge in [-0.15, -0.1) is 0 Å². The lowest BCUT2D eigenvalue weighted by molar-refractivity contribution is 0.105. The van der Waals surface area contributed by atoms with Crippen LogP contribution in [0.2, 0.25) is 0 Å². The second-order valence-electron chi connectivity index (χ2n) is 8.82. The average molecular weight is 295 g/mol. The summed E-state index contributed by atoms with van der Waals surface area (Å²) in [6.07, 6.45) is 11.3. The van der Waals surface area contributed by atoms with Gasteiger partial charge in [-0.25, -0.2) is 0 Å². The van der Waals surface area contributed by atoms with Crippen LogP contribution >= 0.6 is 0 Å². The largest absolute Gasteiger partial charge is 0.317 e. The van der Waals surface area contributed by atoms with Crippen molar-refractivity contribution in [2.75, 3.05) is 20.6 Å². The molecule has 0 bridgehead atoms. The second-order valence-corrected chi connectivity index (χ2v) is 8.82. The van der Waals surface area contributed by atoms with Crippen molar-refractivity contribution < 1.29 is 0 Å². The first kappa shape index (κ1) is 17.3. The van der Waals surface area contributed by atoms with Crippen LogP contribution in [0.5, 0.6) is 0 Å². The first-order valence-corrected chi connectivity index (χ1v) is 9.27. The third kappa shape index (κ3) is 4.96. The van der Waals surface area contributed by atoms with Crippen molar-refractivity contribution >= 4 is 0 Å². The summed E-state index contributed by atoms with van der Waals surface area (Å²) >= 11 is 0. The van der Waals surface area contributed by atoms with Crippen LogP contribution in [0.25, 0.3) is 0 Å². The Morgan fingerprint density at radius 1 is 0.905 bits per heavy atom. The fraction of sp³-hybridized carbons (Fsp3) is 1.00. The number of nitrogens with zero attached hydrogens (tertiary/aromatic N) is 1. The van der Waals surface area contributed by atoms with Crippen LogP contribution in [0.1, 0.15) is 72.1 Å². The van der Waals surface area contributed by atoms with Gasteiger partial charge in [0.25, 0.3) is 0 Å². The van der Waals surface area contributed by atoms with Gasteiger partial charge in [0.1, 0.15) is 0 Å². The van der Waals surface area contributed by atoms with E-state index in [1.54, 1.807) is 0 Å². The van der Waals surface area contributed by atoms with Gasteiger partial charge in [-0.2, -0.15) is 0 Å². The number of nitrogens with one attached hydrogen (secondary N) is 1. The van der Waals surface area contributed by atoms with Gasteiger partial charge in [0.05, 0.1) is 0 Å². The Balaban J connectivity index is 1.71. The predicted octanol–water partition coefficient (Wildman–Crippen LogP) is 4.30. The summed E-state index contributed by atoms with van der Waals surface area (Å²) in [6, 6.07) is 1.62. The minimum atomic E-state index is 0.516. The topological polar surface area (TPSA) is 15.3 Å². The molecule has 2 fully saturated rings. The summed E-state index contributed by atoms with van der Waals surface area (Å²) in [5, 5.41) is 3.45. The van der Waals surface area contributed by atoms with Crippen LogP contribution in [0, 0.1) is 17.3 Å². The van der Waals surface area contributed by atoms with Crippen molar-refractivity contribution in [3.8, 4) is 0 Å². The maximum Gasteiger partial charge on any atom is 0.00934 e. The highest BCUT2D eigenvalue weighted by molar-refractivity contribution is 4.85. The normalized spacial score (nSPS) is 35.1. The molecule has 0 heterocycles. The van der Waals surface area contributed by atoms with Crippen LogP contribution in [0.4, 0.5) is 0 Å². The van der Waals surface area contributed by atoms with E-state index in [1.165, 1.54) is 57.9 Å². The summed E-state index contributed by atoms with van der Waals surface area (Å²) in [6.45, 7) is 8.60. The molecule has 2 aliphatic rings. The quantitative estimate of drug-likeness (QED) is 0.831. The molecular weight excluding hydrogens is 256 g/mol. The standard InChI is InChI=1S/C19H38N2/c1-19(2,3)16-8-6-15(7-9-16)14-21(5)18-12-10-17(20-4)11-13-18/h15-18,20H,6-14H2,1-5H3. The minimum absolute atomic E-state index is 0.516. The molecule has 0 aromatic rings. The molecule has 2 saturated carbocycles. The molecular formula is C19H38N2. The number of rotatable bonds is 4. The van der Waals surface area contributed by atoms with Crippen molar-refractivity contribution in [2.45, 2.75) is 84.2 Å². The highest BCUT2D eigenvalue weighted by Crippen LogP contribution is 2.40. The van der Waals surface area contributed by atoms with E-state index in [1.807, 2.05) is 0 Å². The third-order valence-electron chi connectivity index (χ3n) is 6.35. The fourth-order valence-corrected chi connectivity index (χ4v) is 4.57. The molecule has 0 saturated heterocycles. The van der Waals surface area contributed by atoms with Gasteiger partial charge < -0.3 is 10.2 Å². The van der Waals surface area contributed by atoms with E-state index in [-0.39, 0.29) is 0 Å². The lowest BCUT2D eigenvalue weighted by atomic mass is 9.70. The lowest BCUT2D eigenvalue weighted by Gasteiger charge is -2.40. The van der Waals surface area contributed by atoms with Crippen LogP contribution in [0.3, 0.4) is 0 Å². The lowest BCUT2D eigenvalue weighted by Crippen LogP contribution is -2.42. The van der Waals surface area contributed by atoms with Gasteiger partial charge in [-0.05, 0) is 82.7 Å². The van der Waals surface area contributed by atoms with Crippen molar-refractivity contribution in [3.05, 3.63) is 0 Å². The van der Waals surface area contributed by atoms with Crippen LogP contribution in [-0.4, -0.2) is 37.6 Å². The maximum atomic E-state index is 3.45. The second kappa shape index (κ2) is 7.46. The van der Waals surface area contributed by atoms with Gasteiger partial charge in [0, 0.05) is 18.6 Å². The Kier molecular flexibility index (Phi) is 6.14. The molecule has 0 aromatic carbocycles. The van der Waals surface area contributed by atoms with E-state index in [4.69, 9.17) is 0 Å². The van der Waals surface area contributed by atoms with E-state index in [0.717, 1.165) is 23.9 Å². The SMILES string of the molecule is CNC1CCC(N(C)CC2CCC(C(C)(C)C)CC2)CC1. The highest BCUT2D eigenvalue weighted by atomic mass is 15.1. The molecule has 1 N–H and O–H groups in total. The van der Waals surface area contributed by atoms with E-state index in [9.17, 15) is 0 Å². The average Bonchev–Trinajstić information content (AvgIpc) is 2.47. The molecule has 0 aliphatic heterocycles. The Labute approximate surface area is 133 Å². The Hall–Kier alpha value is -0.0800. The van der Waals surface area contributed by atoms with Crippen molar-refractivity contribution in [1.29, 1.82) is 0 Å². The molecule has 2 heteroatoms. The maximum absolute atomic E-state index is 3.45. The number of hydrogen-bond donors (Lipinski definition) is 1. The first-order chi connectivity index (χ1) is 9.90. The van der Waals surface area contributed by atoms with Crippen LogP contribution in [-0.2, 0) is 0 Å². The highest BCUT2D eigenvalue weighted by Gasteiger charge is 2.31. The summed E-state index contributed by atoms with van der Waals surface area (Å²) in [7, 11) is 4.49. The molecule has 0 radical (unpaired) electrons. The molecule has 2 nitrogen and oxygen atoms in total. The van der Waals surface area contributed by atoms with Gasteiger partial charge in [-0.3, -0.25) is 0 Å². The minimum Gasteiger partial charge on any atom is -0.317 e. The van der Waals surface area contributed by atoms with Gasteiger partial charge in [0.15, 0.2) is 0 Å². The molecule has 0 spiro atoms. The zero-order valence-corrected chi connectivity index (χ0v) is 15.1. The summed E-state index contributed by atoms with van der Waals surface area (Å²) < 4.78 is 0. The zero-order chi connectivity index (χ0) is 15.5. The predicted molar refractivity (Wildman–Crippen MR) is 92.6 cm³/mol. The smallest absolute Gasteiger partial charge is 0.00934 e. The monoisotopic (exact) mass is 294 g/mol. The first-order valence-electron chi connectivity index (χ1n) is 9.27. The van der Waals surface area contributed by atoms with E-state index < -0.39 is 0 Å². The van der Waals surface area contributed by atoms with Crippen LogP contribution < -0.4 is 5.32 Å². The van der Waals surface area contributed by atoms with Crippen LogP contribution in [0.15, 0.2) is 0 Å². The molecule has 21 heavy (non-hydrogen) atoms. The van der Waals surface area contributed by atoms with Gasteiger partial charge in [0.2, 0.25) is 0 Å². The molecule has 0 atom stereocenters. The molecule has 2 rings (SSSR count). The number of hydrogen-bond acceptors (Lipinski definition) is 2. The molecule has 0 aromatic heterocycles. The Bertz CT molecular complexity index is 291. The van der Waals surface area contributed by atoms with E-state index in [0.29, 0.717) is 5.41 Å². The van der Waals surface area contributed by atoms with Crippen molar-refractivity contribution in [1.82, 2.24) is 10.2 Å². The summed E-state index contributed by atoms with van der Waals surface area (Å²) in [4.78, 5) is 2.69. The van der Waals surface area contributed by atoms with Gasteiger partial charge >= 0.3 is 0 Å². The summed E-state index contributed by atoms with van der Waals surface area (Å²) in [5.41, 5.74) is 0.516. The van der Waals surface area contributed by atoms with Crippen molar-refractivity contribution in [2.24, 2.45) is 17.3 Å². The molecule has 0 amide bonds. The zero-order valence-electron chi connectivity index (χ0n) is 15.1. The Morgan fingerprint density at radius 3 is 1.95 bits per heavy atom. The molecule has 0 unspecified atom stereocenters. The van der Waals surface area contributed by atoms with Gasteiger partial charge in [-0.1, -0.05) is 20.8 Å². The van der Waals surface area contributed by atoms with E-state index in [2.05, 4.69) is 45.1 Å². The van der Waals surface area contributed by atoms with Crippen molar-refractivity contribution in [3.63, 3.8) is 0 Å². The third-order valence-corrected chi connectivity index (χ3v) is 6.35. The summed E-state index contributed by atoms with van der Waals surface area (Å²) in [5.74, 6) is 1.90. The fourth-order valence-electron chi connectivity index (χ4n) is 4.57. The Morgan fingerprint density at radius 2 is 1.48 bits per heavy atom. The molecule has 124 valence electrons. The van der Waals surface area contributed by atoms with E-state index >= 15 is 0 Å². The molecule has 2 aliphatic carbocycles.